The van der Waals surface area contributed by atoms with Gasteiger partial charge >= 0.3 is 6.09 Å². The van der Waals surface area contributed by atoms with E-state index in [-0.39, 0.29) is 16.8 Å². The largest absolute Gasteiger partial charge is 0.434 e. The molecule has 7 heteroatoms. The normalized spacial score (nSPS) is 10.2. The highest BCUT2D eigenvalue weighted by atomic mass is 35.5. The monoisotopic (exact) mass is 321 g/mol. The lowest BCUT2D eigenvalue weighted by molar-refractivity contribution is 0.170. The number of nitrogens with zero attached hydrogens (tertiary/aromatic N) is 3. The number of aryl methyl sites for hydroxylation is 2. The van der Waals surface area contributed by atoms with Gasteiger partial charge in [-0.1, -0.05) is 29.8 Å². The second kappa shape index (κ2) is 6.62. The van der Waals surface area contributed by atoms with Gasteiger partial charge in [-0.2, -0.15) is 0 Å². The number of amides is 1. The van der Waals surface area contributed by atoms with E-state index in [1.54, 1.807) is 14.1 Å². The smallest absolute Gasteiger partial charge is 0.414 e. The van der Waals surface area contributed by atoms with Gasteiger partial charge in [-0.25, -0.2) is 4.79 Å². The molecule has 1 aromatic carbocycles. The fourth-order valence-corrected chi connectivity index (χ4v) is 1.86. The van der Waals surface area contributed by atoms with E-state index in [1.807, 2.05) is 32.0 Å². The maximum Gasteiger partial charge on any atom is 0.414 e. The molecule has 2 rings (SSSR count). The van der Waals surface area contributed by atoms with Crippen molar-refractivity contribution in [2.75, 3.05) is 14.1 Å². The van der Waals surface area contributed by atoms with Crippen LogP contribution in [0.15, 0.2) is 24.3 Å². The van der Waals surface area contributed by atoms with E-state index in [1.165, 1.54) is 11.0 Å². The number of carbonyl (C=O) groups excluding carboxylic acids is 1. The first kappa shape index (κ1) is 16.0. The molecule has 0 saturated heterocycles. The zero-order chi connectivity index (χ0) is 16.3. The molecular formula is C15H16ClN3O3. The van der Waals surface area contributed by atoms with Crippen LogP contribution in [0.1, 0.15) is 11.1 Å². The standard InChI is InChI=1S/C15H16ClN3O3/c1-9-6-5-7-10(2)13(9)22-14-11(8-12(16)17-18-14)21-15(20)19(3)4/h5-8H,1-4H3. The summed E-state index contributed by atoms with van der Waals surface area (Å²) in [4.78, 5) is 13.0. The van der Waals surface area contributed by atoms with Crippen LogP contribution in [0.2, 0.25) is 5.15 Å². The van der Waals surface area contributed by atoms with Crippen LogP contribution in [-0.2, 0) is 0 Å². The highest BCUT2D eigenvalue weighted by Gasteiger charge is 2.17. The molecule has 6 nitrogen and oxygen atoms in total. The quantitative estimate of drug-likeness (QED) is 0.864. The molecule has 0 atom stereocenters. The molecule has 0 aliphatic rings. The van der Waals surface area contributed by atoms with Gasteiger partial charge in [0, 0.05) is 20.2 Å². The van der Waals surface area contributed by atoms with Crippen LogP contribution < -0.4 is 9.47 Å². The molecule has 0 unspecified atom stereocenters. The molecule has 116 valence electrons. The van der Waals surface area contributed by atoms with Crippen molar-refractivity contribution in [1.29, 1.82) is 0 Å². The van der Waals surface area contributed by atoms with Crippen LogP contribution in [0.4, 0.5) is 4.79 Å². The molecule has 0 N–H and O–H groups in total. The number of rotatable bonds is 3. The van der Waals surface area contributed by atoms with E-state index in [0.29, 0.717) is 5.75 Å². The second-order valence-electron chi connectivity index (χ2n) is 4.92. The molecule has 0 aliphatic heterocycles. The minimum absolute atomic E-state index is 0.0806. The maximum atomic E-state index is 11.7. The van der Waals surface area contributed by atoms with Crippen molar-refractivity contribution in [3.63, 3.8) is 0 Å². The van der Waals surface area contributed by atoms with Gasteiger partial charge in [0.05, 0.1) is 0 Å². The van der Waals surface area contributed by atoms with Crippen molar-refractivity contribution < 1.29 is 14.3 Å². The topological polar surface area (TPSA) is 64.6 Å². The number of hydrogen-bond acceptors (Lipinski definition) is 5. The number of halogens is 1. The molecule has 0 saturated carbocycles. The van der Waals surface area contributed by atoms with E-state index in [2.05, 4.69) is 10.2 Å². The SMILES string of the molecule is Cc1cccc(C)c1Oc1nnc(Cl)cc1OC(=O)N(C)C. The molecule has 2 aromatic rings. The van der Waals surface area contributed by atoms with Gasteiger partial charge in [0.2, 0.25) is 0 Å². The summed E-state index contributed by atoms with van der Waals surface area (Å²) in [6.45, 7) is 3.83. The third-order valence-electron chi connectivity index (χ3n) is 2.87. The van der Waals surface area contributed by atoms with Gasteiger partial charge in [-0.3, -0.25) is 0 Å². The Morgan fingerprint density at radius 3 is 2.41 bits per heavy atom. The molecule has 0 radical (unpaired) electrons. The lowest BCUT2D eigenvalue weighted by Crippen LogP contribution is -2.25. The number of ether oxygens (including phenoxy) is 2. The zero-order valence-electron chi connectivity index (χ0n) is 12.8. The van der Waals surface area contributed by atoms with Gasteiger partial charge in [0.25, 0.3) is 5.88 Å². The average Bonchev–Trinajstić information content (AvgIpc) is 2.45. The Labute approximate surface area is 133 Å². The number of aromatic nitrogens is 2. The number of carbonyl (C=O) groups is 1. The predicted octanol–water partition coefficient (Wildman–Crippen LogP) is 3.60. The predicted molar refractivity (Wildman–Crippen MR) is 82.7 cm³/mol. The molecule has 1 heterocycles. The summed E-state index contributed by atoms with van der Waals surface area (Å²) in [6, 6.07) is 7.14. The van der Waals surface area contributed by atoms with E-state index < -0.39 is 6.09 Å². The Kier molecular flexibility index (Phi) is 4.82. The molecule has 1 amide bonds. The second-order valence-corrected chi connectivity index (χ2v) is 5.31. The van der Waals surface area contributed by atoms with Gasteiger partial charge in [0.1, 0.15) is 5.75 Å². The van der Waals surface area contributed by atoms with Crippen molar-refractivity contribution >= 4 is 17.7 Å². The summed E-state index contributed by atoms with van der Waals surface area (Å²) in [5.41, 5.74) is 1.86. The summed E-state index contributed by atoms with van der Waals surface area (Å²) < 4.78 is 11.0. The average molecular weight is 322 g/mol. The Balaban J connectivity index is 2.37. The van der Waals surface area contributed by atoms with Gasteiger partial charge in [-0.05, 0) is 25.0 Å². The third-order valence-corrected chi connectivity index (χ3v) is 3.05. The van der Waals surface area contributed by atoms with Gasteiger partial charge < -0.3 is 14.4 Å². The summed E-state index contributed by atoms with van der Waals surface area (Å²) in [6.07, 6.45) is -0.560. The molecule has 0 fully saturated rings. The molecule has 22 heavy (non-hydrogen) atoms. The first-order valence-corrected chi connectivity index (χ1v) is 6.92. The summed E-state index contributed by atoms with van der Waals surface area (Å²) in [5.74, 6) is 0.833. The van der Waals surface area contributed by atoms with Crippen molar-refractivity contribution in [1.82, 2.24) is 15.1 Å². The van der Waals surface area contributed by atoms with Crippen molar-refractivity contribution in [2.24, 2.45) is 0 Å². The fraction of sp³-hybridized carbons (Fsp3) is 0.267. The van der Waals surface area contributed by atoms with E-state index in [0.717, 1.165) is 11.1 Å². The van der Waals surface area contributed by atoms with Crippen LogP contribution in [0.3, 0.4) is 0 Å². The summed E-state index contributed by atoms with van der Waals surface area (Å²) in [5, 5.41) is 7.71. The van der Waals surface area contributed by atoms with Gasteiger partial charge in [-0.15, -0.1) is 10.2 Å². The van der Waals surface area contributed by atoms with Crippen molar-refractivity contribution in [3.05, 3.63) is 40.5 Å². The molecule has 1 aromatic heterocycles. The first-order chi connectivity index (χ1) is 10.4. The van der Waals surface area contributed by atoms with E-state index in [4.69, 9.17) is 21.1 Å². The molecule has 0 spiro atoms. The minimum atomic E-state index is -0.560. The summed E-state index contributed by atoms with van der Waals surface area (Å²) in [7, 11) is 3.15. The van der Waals surface area contributed by atoms with Crippen LogP contribution >= 0.6 is 11.6 Å². The number of hydrogen-bond donors (Lipinski definition) is 0. The Morgan fingerprint density at radius 1 is 1.18 bits per heavy atom. The Bertz CT molecular complexity index is 684. The minimum Gasteiger partial charge on any atom is -0.434 e. The fourth-order valence-electron chi connectivity index (χ4n) is 1.73. The Morgan fingerprint density at radius 2 is 1.82 bits per heavy atom. The lowest BCUT2D eigenvalue weighted by atomic mass is 10.1. The van der Waals surface area contributed by atoms with Crippen molar-refractivity contribution in [2.45, 2.75) is 13.8 Å². The Hall–Kier alpha value is -2.34. The highest BCUT2D eigenvalue weighted by molar-refractivity contribution is 6.29. The van der Waals surface area contributed by atoms with E-state index in [9.17, 15) is 4.79 Å². The van der Waals surface area contributed by atoms with Crippen LogP contribution in [0.25, 0.3) is 0 Å². The zero-order valence-corrected chi connectivity index (χ0v) is 13.5. The summed E-state index contributed by atoms with van der Waals surface area (Å²) >= 11 is 5.81. The van der Waals surface area contributed by atoms with Crippen LogP contribution in [0, 0.1) is 13.8 Å². The lowest BCUT2D eigenvalue weighted by Gasteiger charge is -2.15. The van der Waals surface area contributed by atoms with E-state index >= 15 is 0 Å². The van der Waals surface area contributed by atoms with Crippen LogP contribution in [-0.4, -0.2) is 35.3 Å². The maximum absolute atomic E-state index is 11.7. The highest BCUT2D eigenvalue weighted by Crippen LogP contribution is 2.33. The number of benzene rings is 1. The number of para-hydroxylation sites is 1. The molecule has 0 bridgehead atoms. The first-order valence-electron chi connectivity index (χ1n) is 6.55. The molecular weight excluding hydrogens is 306 g/mol. The van der Waals surface area contributed by atoms with Gasteiger partial charge in [0.15, 0.2) is 10.9 Å². The van der Waals surface area contributed by atoms with Crippen LogP contribution in [0.5, 0.6) is 17.4 Å². The van der Waals surface area contributed by atoms with Crippen molar-refractivity contribution in [3.8, 4) is 17.4 Å². The third kappa shape index (κ3) is 3.65. The molecule has 0 aliphatic carbocycles.